The van der Waals surface area contributed by atoms with E-state index in [1.54, 1.807) is 0 Å². The van der Waals surface area contributed by atoms with Crippen molar-refractivity contribution in [3.8, 4) is 0 Å². The van der Waals surface area contributed by atoms with Crippen molar-refractivity contribution in [2.45, 2.75) is 6.18 Å². The summed E-state index contributed by atoms with van der Waals surface area (Å²) in [6.45, 7) is 0. The highest BCUT2D eigenvalue weighted by molar-refractivity contribution is 9.11. The number of rotatable bonds is 2. The molecule has 0 unspecified atom stereocenters. The number of amides is 2. The lowest BCUT2D eigenvalue weighted by atomic mass is 10.2. The summed E-state index contributed by atoms with van der Waals surface area (Å²) in [7, 11) is 1.44. The van der Waals surface area contributed by atoms with E-state index in [9.17, 15) is 18.0 Å². The number of carbonyl (C=O) groups excluding carboxylic acids is 1. The maximum Gasteiger partial charge on any atom is 0.416 e. The van der Waals surface area contributed by atoms with Crippen LogP contribution < -0.4 is 10.2 Å². The van der Waals surface area contributed by atoms with Gasteiger partial charge in [0.2, 0.25) is 5.13 Å². The molecular weight excluding hydrogens is 373 g/mol. The molecule has 10 heteroatoms. The number of benzene rings is 1. The van der Waals surface area contributed by atoms with Crippen LogP contribution in [0.15, 0.2) is 28.2 Å². The molecule has 0 saturated heterocycles. The molecule has 112 valence electrons. The van der Waals surface area contributed by atoms with Gasteiger partial charge < -0.3 is 5.32 Å². The Morgan fingerprint density at radius 3 is 2.67 bits per heavy atom. The van der Waals surface area contributed by atoms with Gasteiger partial charge in [0.05, 0.1) is 5.56 Å². The van der Waals surface area contributed by atoms with E-state index in [1.807, 2.05) is 0 Å². The molecule has 0 aliphatic carbocycles. The number of anilines is 2. The average Bonchev–Trinajstić information content (AvgIpc) is 2.84. The zero-order valence-electron chi connectivity index (χ0n) is 10.5. The third-order valence-corrected chi connectivity index (χ3v) is 3.85. The first-order chi connectivity index (χ1) is 9.77. The van der Waals surface area contributed by atoms with Crippen molar-refractivity contribution in [1.29, 1.82) is 0 Å². The highest BCUT2D eigenvalue weighted by Crippen LogP contribution is 2.31. The molecule has 0 spiro atoms. The second-order valence-electron chi connectivity index (χ2n) is 3.91. The van der Waals surface area contributed by atoms with Crippen LogP contribution in [0.1, 0.15) is 5.56 Å². The van der Waals surface area contributed by atoms with Gasteiger partial charge in [-0.2, -0.15) is 13.2 Å². The first-order valence-electron chi connectivity index (χ1n) is 5.48. The number of nitrogens with zero attached hydrogens (tertiary/aromatic N) is 3. The van der Waals surface area contributed by atoms with E-state index >= 15 is 0 Å². The Kier molecular flexibility index (Phi) is 4.47. The zero-order chi connectivity index (χ0) is 15.6. The lowest BCUT2D eigenvalue weighted by Gasteiger charge is -2.15. The van der Waals surface area contributed by atoms with Gasteiger partial charge in [-0.1, -0.05) is 17.4 Å². The van der Waals surface area contributed by atoms with Crippen LogP contribution in [0.3, 0.4) is 0 Å². The highest BCUT2D eigenvalue weighted by Gasteiger charge is 2.30. The summed E-state index contributed by atoms with van der Waals surface area (Å²) in [6.07, 6.45) is -4.46. The van der Waals surface area contributed by atoms with E-state index < -0.39 is 17.8 Å². The SMILES string of the molecule is CN(C(=O)Nc1cccc(C(F)(F)F)c1)c1nnc(Br)s1. The minimum Gasteiger partial charge on any atom is -0.307 e. The van der Waals surface area contributed by atoms with Gasteiger partial charge in [-0.15, -0.1) is 10.2 Å². The molecule has 0 saturated carbocycles. The van der Waals surface area contributed by atoms with Crippen LogP contribution in [0, 0.1) is 0 Å². The number of urea groups is 1. The summed E-state index contributed by atoms with van der Waals surface area (Å²) in [5, 5.41) is 10.1. The van der Waals surface area contributed by atoms with Crippen LogP contribution in [-0.2, 0) is 6.18 Å². The molecule has 2 rings (SSSR count). The summed E-state index contributed by atoms with van der Waals surface area (Å²) in [5.41, 5.74) is -0.785. The predicted octanol–water partition coefficient (Wildman–Crippen LogP) is 3.99. The third-order valence-electron chi connectivity index (χ3n) is 2.42. The topological polar surface area (TPSA) is 58.1 Å². The van der Waals surface area contributed by atoms with Gasteiger partial charge in [0.1, 0.15) is 0 Å². The van der Waals surface area contributed by atoms with Crippen molar-refractivity contribution in [3.63, 3.8) is 0 Å². The molecule has 1 aromatic heterocycles. The van der Waals surface area contributed by atoms with Crippen molar-refractivity contribution in [3.05, 3.63) is 33.7 Å². The normalized spacial score (nSPS) is 11.3. The van der Waals surface area contributed by atoms with E-state index in [2.05, 4.69) is 31.4 Å². The van der Waals surface area contributed by atoms with E-state index in [4.69, 9.17) is 0 Å². The summed E-state index contributed by atoms with van der Waals surface area (Å²) in [4.78, 5) is 13.1. The predicted molar refractivity (Wildman–Crippen MR) is 76.5 cm³/mol. The fourth-order valence-corrected chi connectivity index (χ4v) is 2.45. The second kappa shape index (κ2) is 5.98. The number of hydrogen-bond donors (Lipinski definition) is 1. The van der Waals surface area contributed by atoms with Crippen molar-refractivity contribution in [2.75, 3.05) is 17.3 Å². The standard InChI is InChI=1S/C11H8BrF3N4OS/c1-19(10-18-17-8(12)21-10)9(20)16-7-4-2-3-6(5-7)11(13,14)15/h2-5H,1H3,(H,16,20). The number of nitrogens with one attached hydrogen (secondary N) is 1. The maximum absolute atomic E-state index is 12.6. The van der Waals surface area contributed by atoms with Crippen molar-refractivity contribution in [2.24, 2.45) is 0 Å². The Morgan fingerprint density at radius 2 is 2.10 bits per heavy atom. The summed E-state index contributed by atoms with van der Waals surface area (Å²) in [6, 6.07) is 3.78. The molecule has 1 aromatic carbocycles. The van der Waals surface area contributed by atoms with Gasteiger partial charge in [0, 0.05) is 12.7 Å². The lowest BCUT2D eigenvalue weighted by molar-refractivity contribution is -0.137. The highest BCUT2D eigenvalue weighted by atomic mass is 79.9. The van der Waals surface area contributed by atoms with E-state index in [0.717, 1.165) is 28.4 Å². The van der Waals surface area contributed by atoms with Crippen LogP contribution in [0.4, 0.5) is 28.8 Å². The quantitative estimate of drug-likeness (QED) is 0.856. The van der Waals surface area contributed by atoms with E-state index in [0.29, 0.717) is 9.05 Å². The molecular formula is C11H8BrF3N4OS. The molecule has 2 amide bonds. The number of hydrogen-bond acceptors (Lipinski definition) is 4. The van der Waals surface area contributed by atoms with Gasteiger partial charge in [-0.3, -0.25) is 4.90 Å². The number of alkyl halides is 3. The molecule has 0 aliphatic rings. The monoisotopic (exact) mass is 380 g/mol. The molecule has 1 N–H and O–H groups in total. The number of carbonyl (C=O) groups is 1. The minimum atomic E-state index is -4.46. The number of halogens is 4. The molecule has 0 radical (unpaired) electrons. The maximum atomic E-state index is 12.6. The Hall–Kier alpha value is -1.68. The second-order valence-corrected chi connectivity index (χ2v) is 6.14. The third kappa shape index (κ3) is 3.91. The number of aromatic nitrogens is 2. The van der Waals surface area contributed by atoms with E-state index in [1.165, 1.54) is 19.2 Å². The van der Waals surface area contributed by atoms with Gasteiger partial charge in [-0.05, 0) is 34.1 Å². The Morgan fingerprint density at radius 1 is 1.38 bits per heavy atom. The average molecular weight is 381 g/mol. The minimum absolute atomic E-state index is 0.0465. The fourth-order valence-electron chi connectivity index (χ4n) is 1.40. The van der Waals surface area contributed by atoms with Crippen LogP contribution in [0.2, 0.25) is 0 Å². The van der Waals surface area contributed by atoms with Gasteiger partial charge in [0.15, 0.2) is 3.92 Å². The molecule has 2 aromatic rings. The molecule has 0 aliphatic heterocycles. The zero-order valence-corrected chi connectivity index (χ0v) is 12.9. The molecule has 21 heavy (non-hydrogen) atoms. The van der Waals surface area contributed by atoms with Crippen molar-refractivity contribution in [1.82, 2.24) is 10.2 Å². The first kappa shape index (κ1) is 15.7. The van der Waals surface area contributed by atoms with Gasteiger partial charge in [-0.25, -0.2) is 4.79 Å². The first-order valence-corrected chi connectivity index (χ1v) is 7.09. The lowest BCUT2D eigenvalue weighted by Crippen LogP contribution is -2.31. The van der Waals surface area contributed by atoms with E-state index in [-0.39, 0.29) is 5.69 Å². The molecule has 0 fully saturated rings. The summed E-state index contributed by atoms with van der Waals surface area (Å²) in [5.74, 6) is 0. The van der Waals surface area contributed by atoms with Gasteiger partial charge >= 0.3 is 12.2 Å². The Bertz CT molecular complexity index is 661. The van der Waals surface area contributed by atoms with Gasteiger partial charge in [0.25, 0.3) is 0 Å². The molecule has 0 atom stereocenters. The smallest absolute Gasteiger partial charge is 0.307 e. The van der Waals surface area contributed by atoms with Crippen LogP contribution >= 0.6 is 27.3 Å². The Balaban J connectivity index is 2.13. The van der Waals surface area contributed by atoms with Crippen LogP contribution in [-0.4, -0.2) is 23.3 Å². The summed E-state index contributed by atoms with van der Waals surface area (Å²) >= 11 is 4.23. The van der Waals surface area contributed by atoms with Crippen LogP contribution in [0.5, 0.6) is 0 Å². The molecule has 1 heterocycles. The fraction of sp³-hybridized carbons (Fsp3) is 0.182. The Labute approximate surface area is 129 Å². The van der Waals surface area contributed by atoms with Crippen molar-refractivity contribution >= 4 is 44.1 Å². The van der Waals surface area contributed by atoms with Crippen molar-refractivity contribution < 1.29 is 18.0 Å². The molecule has 0 bridgehead atoms. The molecule has 5 nitrogen and oxygen atoms in total. The largest absolute Gasteiger partial charge is 0.416 e. The summed E-state index contributed by atoms with van der Waals surface area (Å²) < 4.78 is 38.3. The van der Waals surface area contributed by atoms with Crippen LogP contribution in [0.25, 0.3) is 0 Å².